The van der Waals surface area contributed by atoms with Crippen LogP contribution in [0.3, 0.4) is 0 Å². The molecule has 0 unspecified atom stereocenters. The van der Waals surface area contributed by atoms with Crippen LogP contribution in [0.2, 0.25) is 0 Å². The summed E-state index contributed by atoms with van der Waals surface area (Å²) in [5.41, 5.74) is 3.04. The smallest absolute Gasteiger partial charge is 0.267 e. The summed E-state index contributed by atoms with van der Waals surface area (Å²) in [6, 6.07) is 14.2. The molecule has 2 saturated heterocycles. The number of thioether (sulfide) groups is 1. The first-order chi connectivity index (χ1) is 17.4. The number of anilines is 1. The summed E-state index contributed by atoms with van der Waals surface area (Å²) in [6.07, 6.45) is 5.09. The largest absolute Gasteiger partial charge is 0.353 e. The van der Waals surface area contributed by atoms with Gasteiger partial charge in [-0.05, 0) is 30.2 Å². The molecule has 0 saturated carbocycles. The first kappa shape index (κ1) is 24.4. The van der Waals surface area contributed by atoms with Gasteiger partial charge < -0.3 is 4.90 Å². The molecule has 0 radical (unpaired) electrons. The second-order valence-electron chi connectivity index (χ2n) is 8.92. The summed E-state index contributed by atoms with van der Waals surface area (Å²) in [5, 5.41) is 0. The number of rotatable bonds is 6. The molecule has 2 fully saturated rings. The molecule has 2 aromatic heterocycles. The van der Waals surface area contributed by atoms with E-state index in [-0.39, 0.29) is 11.5 Å². The number of pyridine rings is 1. The average molecular weight is 518 g/mol. The van der Waals surface area contributed by atoms with E-state index >= 15 is 0 Å². The molecule has 0 bridgehead atoms. The number of benzene rings is 1. The maximum absolute atomic E-state index is 13.7. The Morgan fingerprint density at radius 1 is 1.08 bits per heavy atom. The van der Waals surface area contributed by atoms with E-state index < -0.39 is 0 Å². The molecule has 2 aliphatic rings. The minimum Gasteiger partial charge on any atom is -0.353 e. The molecule has 2 aliphatic heterocycles. The van der Waals surface area contributed by atoms with Crippen LogP contribution in [0.4, 0.5) is 5.82 Å². The molecular formula is C27H27N5O2S2. The Hall–Kier alpha value is -3.27. The Labute approximate surface area is 219 Å². The summed E-state index contributed by atoms with van der Waals surface area (Å²) >= 11 is 6.60. The monoisotopic (exact) mass is 517 g/mol. The van der Waals surface area contributed by atoms with Crippen molar-refractivity contribution < 1.29 is 4.79 Å². The fourth-order valence-corrected chi connectivity index (χ4v) is 5.75. The van der Waals surface area contributed by atoms with Crippen LogP contribution in [0.1, 0.15) is 16.7 Å². The molecule has 1 amide bonds. The van der Waals surface area contributed by atoms with Crippen molar-refractivity contribution in [1.82, 2.24) is 19.2 Å². The van der Waals surface area contributed by atoms with E-state index in [2.05, 4.69) is 40.6 Å². The molecule has 9 heteroatoms. The summed E-state index contributed by atoms with van der Waals surface area (Å²) in [4.78, 5) is 38.1. The number of piperazine rings is 1. The number of aromatic nitrogens is 2. The van der Waals surface area contributed by atoms with E-state index in [1.807, 2.05) is 25.1 Å². The van der Waals surface area contributed by atoms with Crippen molar-refractivity contribution in [3.8, 4) is 0 Å². The van der Waals surface area contributed by atoms with Crippen LogP contribution < -0.4 is 10.5 Å². The summed E-state index contributed by atoms with van der Waals surface area (Å²) in [7, 11) is 0. The van der Waals surface area contributed by atoms with E-state index in [1.165, 1.54) is 22.2 Å². The molecule has 0 atom stereocenters. The zero-order chi connectivity index (χ0) is 25.2. The van der Waals surface area contributed by atoms with Crippen molar-refractivity contribution in [3.63, 3.8) is 0 Å². The topological polar surface area (TPSA) is 61.2 Å². The van der Waals surface area contributed by atoms with Gasteiger partial charge in [0.1, 0.15) is 15.8 Å². The second-order valence-corrected chi connectivity index (χ2v) is 10.6. The van der Waals surface area contributed by atoms with Gasteiger partial charge in [-0.25, -0.2) is 4.98 Å². The fourth-order valence-electron chi connectivity index (χ4n) is 4.49. The maximum Gasteiger partial charge on any atom is 0.267 e. The van der Waals surface area contributed by atoms with E-state index in [1.54, 1.807) is 22.7 Å². The Balaban J connectivity index is 1.49. The van der Waals surface area contributed by atoms with Crippen LogP contribution >= 0.6 is 24.0 Å². The maximum atomic E-state index is 13.7. The Morgan fingerprint density at radius 3 is 2.56 bits per heavy atom. The van der Waals surface area contributed by atoms with Crippen molar-refractivity contribution in [2.24, 2.45) is 0 Å². The number of fused-ring (bicyclic) bond motifs is 1. The van der Waals surface area contributed by atoms with E-state index in [0.717, 1.165) is 38.3 Å². The number of carbonyl (C=O) groups is 1. The standard InChI is InChI=1S/C27H27N5O2S2/c1-3-11-31-26(34)22(36-27(31)35)16-21-24(28-23-10-9-19(2)17-32(23)25(21)33)30-14-12-29(13-15-30)18-20-7-5-4-6-8-20/h3-10,16-17H,1,11-15,18H2,2H3/b22-16+. The minimum absolute atomic E-state index is 0.195. The molecule has 4 heterocycles. The lowest BCUT2D eigenvalue weighted by Crippen LogP contribution is -2.47. The predicted octanol–water partition coefficient (Wildman–Crippen LogP) is 3.71. The van der Waals surface area contributed by atoms with Gasteiger partial charge in [0.05, 0.1) is 10.5 Å². The minimum atomic E-state index is -0.211. The van der Waals surface area contributed by atoms with Crippen LogP contribution in [0.25, 0.3) is 11.7 Å². The molecule has 184 valence electrons. The second kappa shape index (κ2) is 10.4. The van der Waals surface area contributed by atoms with Gasteiger partial charge in [0.2, 0.25) is 0 Å². The van der Waals surface area contributed by atoms with E-state index in [4.69, 9.17) is 17.2 Å². The molecule has 0 spiro atoms. The molecule has 5 rings (SSSR count). The zero-order valence-corrected chi connectivity index (χ0v) is 21.7. The van der Waals surface area contributed by atoms with Crippen molar-refractivity contribution in [2.75, 3.05) is 37.6 Å². The fraction of sp³-hybridized carbons (Fsp3) is 0.259. The average Bonchev–Trinajstić information content (AvgIpc) is 3.15. The third kappa shape index (κ3) is 4.86. The lowest BCUT2D eigenvalue weighted by Gasteiger charge is -2.36. The van der Waals surface area contributed by atoms with Crippen LogP contribution in [-0.2, 0) is 11.3 Å². The molecular weight excluding hydrogens is 490 g/mol. The highest BCUT2D eigenvalue weighted by Crippen LogP contribution is 2.33. The normalized spacial score (nSPS) is 18.0. The van der Waals surface area contributed by atoms with Gasteiger partial charge in [-0.15, -0.1) is 6.58 Å². The molecule has 0 aliphatic carbocycles. The van der Waals surface area contributed by atoms with Gasteiger partial charge in [-0.3, -0.25) is 23.8 Å². The summed E-state index contributed by atoms with van der Waals surface area (Å²) in [6.45, 7) is 10.1. The van der Waals surface area contributed by atoms with Crippen LogP contribution in [0.5, 0.6) is 0 Å². The van der Waals surface area contributed by atoms with Crippen LogP contribution in [0.15, 0.2) is 71.0 Å². The quantitative estimate of drug-likeness (QED) is 0.281. The number of hydrogen-bond acceptors (Lipinski definition) is 7. The highest BCUT2D eigenvalue weighted by Gasteiger charge is 2.32. The van der Waals surface area contributed by atoms with Gasteiger partial charge in [-0.1, -0.05) is 66.5 Å². The molecule has 7 nitrogen and oxygen atoms in total. The highest BCUT2D eigenvalue weighted by atomic mass is 32.2. The predicted molar refractivity (Wildman–Crippen MR) is 150 cm³/mol. The number of aryl methyl sites for hydroxylation is 1. The first-order valence-electron chi connectivity index (χ1n) is 11.8. The third-order valence-electron chi connectivity index (χ3n) is 6.37. The first-order valence-corrected chi connectivity index (χ1v) is 13.1. The van der Waals surface area contributed by atoms with Gasteiger partial charge >= 0.3 is 0 Å². The zero-order valence-electron chi connectivity index (χ0n) is 20.1. The van der Waals surface area contributed by atoms with Gasteiger partial charge in [0.25, 0.3) is 11.5 Å². The molecule has 36 heavy (non-hydrogen) atoms. The number of nitrogens with zero attached hydrogens (tertiary/aromatic N) is 5. The Kier molecular flexibility index (Phi) is 7.04. The van der Waals surface area contributed by atoms with Gasteiger partial charge in [-0.2, -0.15) is 0 Å². The number of hydrogen-bond donors (Lipinski definition) is 0. The Morgan fingerprint density at radius 2 is 1.83 bits per heavy atom. The highest BCUT2D eigenvalue weighted by molar-refractivity contribution is 8.26. The van der Waals surface area contributed by atoms with Crippen LogP contribution in [0, 0.1) is 6.92 Å². The summed E-state index contributed by atoms with van der Waals surface area (Å²) in [5.74, 6) is 0.398. The molecule has 1 aromatic carbocycles. The SMILES string of the molecule is C=CCN1C(=O)/C(=C\c2c(N3CCN(Cc4ccccc4)CC3)nc3ccc(C)cn3c2=O)SC1=S. The van der Waals surface area contributed by atoms with Crippen molar-refractivity contribution in [3.05, 3.63) is 93.3 Å². The van der Waals surface area contributed by atoms with Crippen molar-refractivity contribution in [2.45, 2.75) is 13.5 Å². The number of amides is 1. The van der Waals surface area contributed by atoms with Gasteiger partial charge in [0, 0.05) is 45.5 Å². The van der Waals surface area contributed by atoms with Crippen molar-refractivity contribution >= 4 is 51.7 Å². The number of thiocarbonyl (C=S) groups is 1. The third-order valence-corrected chi connectivity index (χ3v) is 7.74. The molecule has 0 N–H and O–H groups in total. The Bertz CT molecular complexity index is 1430. The lowest BCUT2D eigenvalue weighted by atomic mass is 10.2. The van der Waals surface area contributed by atoms with Crippen molar-refractivity contribution in [1.29, 1.82) is 0 Å². The summed E-state index contributed by atoms with van der Waals surface area (Å²) < 4.78 is 2.02. The van der Waals surface area contributed by atoms with E-state index in [0.29, 0.717) is 32.8 Å². The van der Waals surface area contributed by atoms with Crippen LogP contribution in [-0.4, -0.2) is 62.1 Å². The van der Waals surface area contributed by atoms with Gasteiger partial charge in [0.15, 0.2) is 0 Å². The van der Waals surface area contributed by atoms with E-state index in [9.17, 15) is 9.59 Å². The molecule has 3 aromatic rings. The lowest BCUT2D eigenvalue weighted by molar-refractivity contribution is -0.121. The number of carbonyl (C=O) groups excluding carboxylic acids is 1.